The maximum atomic E-state index is 10.4. The van der Waals surface area contributed by atoms with E-state index >= 15 is 0 Å². The smallest absolute Gasteiger partial charge is 0.176 e. The highest BCUT2D eigenvalue weighted by Gasteiger charge is 2.49. The predicted molar refractivity (Wildman–Crippen MR) is 38.4 cm³/mol. The summed E-state index contributed by atoms with van der Waals surface area (Å²) >= 11 is 0. The molecule has 0 spiro atoms. The molecule has 0 saturated carbocycles. The lowest BCUT2D eigenvalue weighted by Crippen LogP contribution is -2.63. The molecule has 0 aromatic rings. The number of rotatable bonds is 1. The van der Waals surface area contributed by atoms with E-state index in [1.165, 1.54) is 6.92 Å². The second-order valence-electron chi connectivity index (χ2n) is 3.00. The standard InChI is InChI=1S/C7H12O5/c1-4-6(10)7(11,3-8)5(9)2-12-4/h3-6,9-11H,2H2,1H3/t4-,5+,6+,7-/m1/s1. The first kappa shape index (κ1) is 9.60. The number of ether oxygens (including phenoxy) is 1. The van der Waals surface area contributed by atoms with E-state index in [1.54, 1.807) is 0 Å². The zero-order chi connectivity index (χ0) is 9.35. The van der Waals surface area contributed by atoms with Crippen LogP contribution in [0.4, 0.5) is 0 Å². The summed E-state index contributed by atoms with van der Waals surface area (Å²) in [6.45, 7) is 1.37. The number of aldehydes is 1. The van der Waals surface area contributed by atoms with E-state index in [2.05, 4.69) is 0 Å². The van der Waals surface area contributed by atoms with E-state index in [0.717, 1.165) is 0 Å². The van der Waals surface area contributed by atoms with Crippen LogP contribution >= 0.6 is 0 Å². The van der Waals surface area contributed by atoms with Gasteiger partial charge in [-0.1, -0.05) is 0 Å². The van der Waals surface area contributed by atoms with Gasteiger partial charge < -0.3 is 20.1 Å². The summed E-state index contributed by atoms with van der Waals surface area (Å²) in [5.41, 5.74) is -2.09. The second kappa shape index (κ2) is 3.10. The van der Waals surface area contributed by atoms with Crippen molar-refractivity contribution < 1.29 is 24.9 Å². The zero-order valence-corrected chi connectivity index (χ0v) is 6.67. The first-order chi connectivity index (χ1) is 5.52. The van der Waals surface area contributed by atoms with Crippen LogP contribution in [0.3, 0.4) is 0 Å². The fraction of sp³-hybridized carbons (Fsp3) is 0.857. The quantitative estimate of drug-likeness (QED) is 0.404. The van der Waals surface area contributed by atoms with Crippen molar-refractivity contribution in [2.45, 2.75) is 30.8 Å². The molecule has 5 nitrogen and oxygen atoms in total. The number of carbonyl (C=O) groups is 1. The van der Waals surface area contributed by atoms with Gasteiger partial charge in [0.2, 0.25) is 0 Å². The van der Waals surface area contributed by atoms with E-state index in [0.29, 0.717) is 0 Å². The van der Waals surface area contributed by atoms with Gasteiger partial charge in [0.05, 0.1) is 12.7 Å². The van der Waals surface area contributed by atoms with Gasteiger partial charge in [0.1, 0.15) is 12.2 Å². The number of hydrogen-bond donors (Lipinski definition) is 3. The van der Waals surface area contributed by atoms with Crippen LogP contribution in [0.25, 0.3) is 0 Å². The van der Waals surface area contributed by atoms with Gasteiger partial charge in [-0.15, -0.1) is 0 Å². The van der Waals surface area contributed by atoms with Crippen LogP contribution in [0.15, 0.2) is 0 Å². The van der Waals surface area contributed by atoms with Gasteiger partial charge in [-0.2, -0.15) is 0 Å². The molecular weight excluding hydrogens is 164 g/mol. The van der Waals surface area contributed by atoms with Gasteiger partial charge in [0.15, 0.2) is 11.9 Å². The Bertz CT molecular complexity index is 183. The van der Waals surface area contributed by atoms with Crippen LogP contribution in [-0.4, -0.2) is 52.1 Å². The summed E-state index contributed by atoms with van der Waals surface area (Å²) < 4.78 is 4.88. The molecular formula is C7H12O5. The van der Waals surface area contributed by atoms with Crippen molar-refractivity contribution >= 4 is 6.29 Å². The van der Waals surface area contributed by atoms with E-state index in [-0.39, 0.29) is 12.9 Å². The summed E-state index contributed by atoms with van der Waals surface area (Å²) in [4.78, 5) is 10.4. The van der Waals surface area contributed by atoms with E-state index < -0.39 is 23.9 Å². The Morgan fingerprint density at radius 2 is 2.17 bits per heavy atom. The van der Waals surface area contributed by atoms with E-state index in [1.807, 2.05) is 0 Å². The minimum atomic E-state index is -2.09. The Labute approximate surface area is 69.6 Å². The largest absolute Gasteiger partial charge is 0.387 e. The first-order valence-corrected chi connectivity index (χ1v) is 3.69. The highest BCUT2D eigenvalue weighted by Crippen LogP contribution is 2.23. The van der Waals surface area contributed by atoms with Crippen LogP contribution in [0.1, 0.15) is 6.92 Å². The molecule has 0 aromatic carbocycles. The second-order valence-corrected chi connectivity index (χ2v) is 3.00. The molecule has 0 bridgehead atoms. The highest BCUT2D eigenvalue weighted by atomic mass is 16.5. The lowest BCUT2D eigenvalue weighted by Gasteiger charge is -2.39. The van der Waals surface area contributed by atoms with Gasteiger partial charge >= 0.3 is 0 Å². The topological polar surface area (TPSA) is 87.0 Å². The molecule has 3 N–H and O–H groups in total. The summed E-state index contributed by atoms with van der Waals surface area (Å²) in [5.74, 6) is 0. The predicted octanol–water partition coefficient (Wildman–Crippen LogP) is -1.94. The third-order valence-electron chi connectivity index (χ3n) is 2.16. The lowest BCUT2D eigenvalue weighted by molar-refractivity contribution is -0.224. The number of aliphatic hydroxyl groups is 3. The fourth-order valence-electron chi connectivity index (χ4n) is 1.19. The molecule has 5 heteroatoms. The zero-order valence-electron chi connectivity index (χ0n) is 6.67. The van der Waals surface area contributed by atoms with E-state index in [4.69, 9.17) is 9.84 Å². The maximum absolute atomic E-state index is 10.4. The highest BCUT2D eigenvalue weighted by molar-refractivity contribution is 5.65. The Balaban J connectivity index is 2.85. The van der Waals surface area contributed by atoms with E-state index in [9.17, 15) is 15.0 Å². The molecule has 0 unspecified atom stereocenters. The third-order valence-corrected chi connectivity index (χ3v) is 2.16. The molecule has 0 aliphatic carbocycles. The molecule has 4 atom stereocenters. The van der Waals surface area contributed by atoms with Gasteiger partial charge in [-0.05, 0) is 6.92 Å². The Hall–Kier alpha value is -0.490. The van der Waals surface area contributed by atoms with Gasteiger partial charge in [-0.25, -0.2) is 0 Å². The third kappa shape index (κ3) is 1.25. The normalized spacial score (nSPS) is 48.8. The lowest BCUT2D eigenvalue weighted by atomic mass is 9.87. The summed E-state index contributed by atoms with van der Waals surface area (Å²) in [6.07, 6.45) is -3.23. The SMILES string of the molecule is C[C@H]1OC[C@H](O)[C@](O)(C=O)[C@H]1O. The molecule has 1 aliphatic rings. The van der Waals surface area contributed by atoms with Crippen molar-refractivity contribution in [1.29, 1.82) is 0 Å². The summed E-state index contributed by atoms with van der Waals surface area (Å²) in [6, 6.07) is 0. The Morgan fingerprint density at radius 3 is 2.58 bits per heavy atom. The number of aliphatic hydroxyl groups excluding tert-OH is 2. The monoisotopic (exact) mass is 176 g/mol. The number of hydrogen-bond acceptors (Lipinski definition) is 5. The molecule has 1 saturated heterocycles. The fourth-order valence-corrected chi connectivity index (χ4v) is 1.19. The van der Waals surface area contributed by atoms with Crippen molar-refractivity contribution in [2.75, 3.05) is 6.61 Å². The van der Waals surface area contributed by atoms with Crippen molar-refractivity contribution in [1.82, 2.24) is 0 Å². The van der Waals surface area contributed by atoms with Crippen molar-refractivity contribution in [3.8, 4) is 0 Å². The van der Waals surface area contributed by atoms with Gasteiger partial charge in [0.25, 0.3) is 0 Å². The van der Waals surface area contributed by atoms with Gasteiger partial charge in [-0.3, -0.25) is 4.79 Å². The van der Waals surface area contributed by atoms with Crippen LogP contribution in [0.2, 0.25) is 0 Å². The molecule has 1 rings (SSSR count). The average Bonchev–Trinajstić information content (AvgIpc) is 2.08. The van der Waals surface area contributed by atoms with Gasteiger partial charge in [0, 0.05) is 0 Å². The molecule has 1 fully saturated rings. The minimum Gasteiger partial charge on any atom is -0.387 e. The summed E-state index contributed by atoms with van der Waals surface area (Å²) in [5, 5.41) is 27.9. The van der Waals surface area contributed by atoms with Crippen LogP contribution < -0.4 is 0 Å². The maximum Gasteiger partial charge on any atom is 0.176 e. The molecule has 0 radical (unpaired) electrons. The molecule has 12 heavy (non-hydrogen) atoms. The molecule has 1 heterocycles. The van der Waals surface area contributed by atoms with Crippen molar-refractivity contribution in [3.05, 3.63) is 0 Å². The first-order valence-electron chi connectivity index (χ1n) is 3.69. The number of carbonyl (C=O) groups excluding carboxylic acids is 1. The van der Waals surface area contributed by atoms with Crippen LogP contribution in [0, 0.1) is 0 Å². The Morgan fingerprint density at radius 1 is 1.58 bits per heavy atom. The van der Waals surface area contributed by atoms with Crippen molar-refractivity contribution in [3.63, 3.8) is 0 Å². The minimum absolute atomic E-state index is 0.145. The summed E-state index contributed by atoms with van der Waals surface area (Å²) in [7, 11) is 0. The Kier molecular flexibility index (Phi) is 2.48. The molecule has 0 amide bonds. The molecule has 1 aliphatic heterocycles. The van der Waals surface area contributed by atoms with Crippen molar-refractivity contribution in [2.24, 2.45) is 0 Å². The molecule has 70 valence electrons. The molecule has 0 aromatic heterocycles. The van der Waals surface area contributed by atoms with Crippen LogP contribution in [0.5, 0.6) is 0 Å². The average molecular weight is 176 g/mol. The van der Waals surface area contributed by atoms with Crippen LogP contribution in [-0.2, 0) is 9.53 Å².